The molecule has 2 aliphatic heterocycles. The van der Waals surface area contributed by atoms with Crippen LogP contribution >= 0.6 is 23.4 Å². The lowest BCUT2D eigenvalue weighted by atomic mass is 9.95. The Balaban J connectivity index is 1.31. The van der Waals surface area contributed by atoms with E-state index in [-0.39, 0.29) is 12.5 Å². The molecule has 2 aliphatic rings. The van der Waals surface area contributed by atoms with Crippen LogP contribution in [-0.4, -0.2) is 54.6 Å². The number of rotatable bonds is 6. The number of benzene rings is 1. The molecule has 4 nitrogen and oxygen atoms in total. The first-order valence-corrected chi connectivity index (χ1v) is 10.2. The number of nitrogens with zero attached hydrogens (tertiary/aromatic N) is 1. The number of amides is 1. The summed E-state index contributed by atoms with van der Waals surface area (Å²) in [5.41, 5.74) is 0. The van der Waals surface area contributed by atoms with Gasteiger partial charge < -0.3 is 10.1 Å². The fourth-order valence-corrected chi connectivity index (χ4v) is 4.70. The molecule has 0 aromatic heterocycles. The molecule has 2 saturated heterocycles. The van der Waals surface area contributed by atoms with Gasteiger partial charge in [0.05, 0.1) is 0 Å². The number of thioether (sulfide) groups is 1. The highest BCUT2D eigenvalue weighted by Crippen LogP contribution is 2.26. The van der Waals surface area contributed by atoms with Crippen molar-refractivity contribution in [2.24, 2.45) is 5.92 Å². The number of piperidine rings is 1. The molecule has 132 valence electrons. The average Bonchev–Trinajstić information content (AvgIpc) is 3.14. The topological polar surface area (TPSA) is 41.6 Å². The molecule has 2 heterocycles. The number of likely N-dealkylation sites (tertiary alicyclic amines) is 1. The Bertz CT molecular complexity index is 526. The minimum absolute atomic E-state index is 0.0553. The quantitative estimate of drug-likeness (QED) is 0.837. The summed E-state index contributed by atoms with van der Waals surface area (Å²) in [6, 6.07) is 7.84. The van der Waals surface area contributed by atoms with E-state index in [2.05, 4.69) is 22.0 Å². The van der Waals surface area contributed by atoms with Gasteiger partial charge in [0.2, 0.25) is 0 Å². The van der Waals surface area contributed by atoms with Crippen molar-refractivity contribution >= 4 is 29.3 Å². The Hall–Kier alpha value is -0.910. The highest BCUT2D eigenvalue weighted by Gasteiger charge is 2.27. The molecule has 0 bridgehead atoms. The fraction of sp³-hybridized carbons (Fsp3) is 0.611. The summed E-state index contributed by atoms with van der Waals surface area (Å²) < 4.78 is 5.47. The lowest BCUT2D eigenvalue weighted by Crippen LogP contribution is -2.44. The SMILES string of the molecule is O=C(COc1ccc(Cl)cc1)NCC1CCN([C@@H]2CCSC2)CC1. The number of nitrogens with one attached hydrogen (secondary N) is 1. The molecule has 0 aliphatic carbocycles. The predicted molar refractivity (Wildman–Crippen MR) is 100.0 cm³/mol. The second kappa shape index (κ2) is 8.97. The summed E-state index contributed by atoms with van der Waals surface area (Å²) in [6.45, 7) is 3.16. The van der Waals surface area contributed by atoms with Gasteiger partial charge >= 0.3 is 0 Å². The van der Waals surface area contributed by atoms with Crippen LogP contribution in [0.4, 0.5) is 0 Å². The first kappa shape index (κ1) is 17.9. The van der Waals surface area contributed by atoms with Gasteiger partial charge in [-0.3, -0.25) is 9.69 Å². The lowest BCUT2D eigenvalue weighted by molar-refractivity contribution is -0.123. The second-order valence-corrected chi connectivity index (χ2v) is 8.13. The van der Waals surface area contributed by atoms with Crippen LogP contribution in [0.2, 0.25) is 5.02 Å². The minimum atomic E-state index is -0.0560. The Kier molecular flexibility index (Phi) is 6.69. The maximum absolute atomic E-state index is 11.9. The number of ether oxygens (including phenoxy) is 1. The molecule has 0 spiro atoms. The van der Waals surface area contributed by atoms with Gasteiger partial charge in [0, 0.05) is 23.4 Å². The van der Waals surface area contributed by atoms with Crippen LogP contribution in [0.15, 0.2) is 24.3 Å². The average molecular weight is 369 g/mol. The van der Waals surface area contributed by atoms with E-state index in [4.69, 9.17) is 16.3 Å². The van der Waals surface area contributed by atoms with Crippen molar-refractivity contribution in [1.29, 1.82) is 0 Å². The van der Waals surface area contributed by atoms with Crippen molar-refractivity contribution in [3.63, 3.8) is 0 Å². The summed E-state index contributed by atoms with van der Waals surface area (Å²) >= 11 is 7.90. The number of carbonyl (C=O) groups is 1. The molecule has 24 heavy (non-hydrogen) atoms. The number of hydrogen-bond donors (Lipinski definition) is 1. The summed E-state index contributed by atoms with van der Waals surface area (Å²) in [5, 5.41) is 3.67. The Morgan fingerprint density at radius 1 is 1.25 bits per heavy atom. The monoisotopic (exact) mass is 368 g/mol. The minimum Gasteiger partial charge on any atom is -0.484 e. The van der Waals surface area contributed by atoms with E-state index < -0.39 is 0 Å². The maximum atomic E-state index is 11.9. The van der Waals surface area contributed by atoms with Gasteiger partial charge in [-0.05, 0) is 68.3 Å². The summed E-state index contributed by atoms with van der Waals surface area (Å²) in [6.07, 6.45) is 3.70. The van der Waals surface area contributed by atoms with E-state index in [0.717, 1.165) is 12.6 Å². The Morgan fingerprint density at radius 2 is 2.00 bits per heavy atom. The molecular weight excluding hydrogens is 344 g/mol. The molecule has 1 aromatic carbocycles. The molecule has 1 amide bonds. The van der Waals surface area contributed by atoms with Crippen LogP contribution in [0.25, 0.3) is 0 Å². The molecular formula is C18H25ClN2O2S. The first-order chi connectivity index (χ1) is 11.7. The zero-order valence-electron chi connectivity index (χ0n) is 13.9. The van der Waals surface area contributed by atoms with Crippen LogP contribution in [-0.2, 0) is 4.79 Å². The van der Waals surface area contributed by atoms with Crippen LogP contribution in [0.3, 0.4) is 0 Å². The van der Waals surface area contributed by atoms with Crippen molar-refractivity contribution in [2.75, 3.05) is 37.7 Å². The molecule has 0 radical (unpaired) electrons. The lowest BCUT2D eigenvalue weighted by Gasteiger charge is -2.35. The fourth-order valence-electron chi connectivity index (χ4n) is 3.32. The summed E-state index contributed by atoms with van der Waals surface area (Å²) in [5.74, 6) is 3.81. The van der Waals surface area contributed by atoms with E-state index in [0.29, 0.717) is 16.7 Å². The maximum Gasteiger partial charge on any atom is 0.257 e. The second-order valence-electron chi connectivity index (χ2n) is 6.54. The third-order valence-corrected chi connectivity index (χ3v) is 6.24. The molecule has 6 heteroatoms. The highest BCUT2D eigenvalue weighted by atomic mass is 35.5. The van der Waals surface area contributed by atoms with E-state index in [1.54, 1.807) is 24.3 Å². The van der Waals surface area contributed by atoms with Crippen molar-refractivity contribution in [3.8, 4) is 5.75 Å². The highest BCUT2D eigenvalue weighted by molar-refractivity contribution is 7.99. The van der Waals surface area contributed by atoms with Gasteiger partial charge in [-0.15, -0.1) is 0 Å². The van der Waals surface area contributed by atoms with Gasteiger partial charge in [-0.1, -0.05) is 11.6 Å². The molecule has 1 atom stereocenters. The zero-order valence-corrected chi connectivity index (χ0v) is 15.5. The van der Waals surface area contributed by atoms with Gasteiger partial charge in [0.1, 0.15) is 5.75 Å². The number of hydrogen-bond acceptors (Lipinski definition) is 4. The summed E-state index contributed by atoms with van der Waals surface area (Å²) in [7, 11) is 0. The van der Waals surface area contributed by atoms with Crippen molar-refractivity contribution in [2.45, 2.75) is 25.3 Å². The van der Waals surface area contributed by atoms with Crippen molar-refractivity contribution in [1.82, 2.24) is 10.2 Å². The van der Waals surface area contributed by atoms with Crippen LogP contribution in [0, 0.1) is 5.92 Å². The molecule has 2 fully saturated rings. The van der Waals surface area contributed by atoms with E-state index in [1.807, 2.05) is 0 Å². The first-order valence-electron chi connectivity index (χ1n) is 8.67. The smallest absolute Gasteiger partial charge is 0.257 e. The van der Waals surface area contributed by atoms with E-state index >= 15 is 0 Å². The van der Waals surface area contributed by atoms with Gasteiger partial charge in [0.25, 0.3) is 5.91 Å². The summed E-state index contributed by atoms with van der Waals surface area (Å²) in [4.78, 5) is 14.6. The zero-order chi connectivity index (χ0) is 16.8. The third-order valence-electron chi connectivity index (χ3n) is 4.84. The number of carbonyl (C=O) groups excluding carboxylic acids is 1. The Labute approximate surface area is 153 Å². The van der Waals surface area contributed by atoms with E-state index in [9.17, 15) is 4.79 Å². The molecule has 0 saturated carbocycles. The van der Waals surface area contributed by atoms with Crippen LogP contribution < -0.4 is 10.1 Å². The van der Waals surface area contributed by atoms with Crippen molar-refractivity contribution in [3.05, 3.63) is 29.3 Å². The van der Waals surface area contributed by atoms with Gasteiger partial charge in [-0.2, -0.15) is 11.8 Å². The van der Waals surface area contributed by atoms with Crippen molar-refractivity contribution < 1.29 is 9.53 Å². The van der Waals surface area contributed by atoms with Gasteiger partial charge in [-0.25, -0.2) is 0 Å². The Morgan fingerprint density at radius 3 is 2.67 bits per heavy atom. The third kappa shape index (κ3) is 5.30. The van der Waals surface area contributed by atoms with Crippen LogP contribution in [0.5, 0.6) is 5.75 Å². The standard InChI is InChI=1S/C18H25ClN2O2S/c19-15-1-3-17(4-2-15)23-12-18(22)20-11-14-5-8-21(9-6-14)16-7-10-24-13-16/h1-4,14,16H,5-13H2,(H,20,22)/t16-/m1/s1. The normalized spacial score (nSPS) is 22.5. The predicted octanol–water partition coefficient (Wildman–Crippen LogP) is 3.05. The largest absolute Gasteiger partial charge is 0.484 e. The van der Waals surface area contributed by atoms with E-state index in [1.165, 1.54) is 43.9 Å². The number of halogens is 1. The molecule has 1 N–H and O–H groups in total. The molecule has 3 rings (SSSR count). The molecule has 1 aromatic rings. The van der Waals surface area contributed by atoms with Crippen LogP contribution in [0.1, 0.15) is 19.3 Å². The molecule has 0 unspecified atom stereocenters. The van der Waals surface area contributed by atoms with Gasteiger partial charge in [0.15, 0.2) is 6.61 Å².